The van der Waals surface area contributed by atoms with Crippen molar-refractivity contribution in [2.75, 3.05) is 0 Å². The molecule has 0 radical (unpaired) electrons. The van der Waals surface area contributed by atoms with Gasteiger partial charge in [0.05, 0.1) is 11.4 Å². The molecule has 0 saturated heterocycles. The van der Waals surface area contributed by atoms with Crippen LogP contribution >= 0.6 is 0 Å². The Kier molecular flexibility index (Phi) is 6.84. The highest BCUT2D eigenvalue weighted by Gasteiger charge is 2.40. The Morgan fingerprint density at radius 3 is 1.79 bits per heavy atom. The van der Waals surface area contributed by atoms with E-state index in [0.717, 1.165) is 72.5 Å². The molecule has 0 saturated carbocycles. The van der Waals surface area contributed by atoms with Gasteiger partial charge in [0.25, 0.3) is 0 Å². The minimum atomic E-state index is -0.256. The molecule has 1 aliphatic rings. The van der Waals surface area contributed by atoms with E-state index in [1.807, 2.05) is 12.1 Å². The predicted molar refractivity (Wildman–Crippen MR) is 214 cm³/mol. The zero-order valence-electron chi connectivity index (χ0n) is 29.0. The first-order valence-corrected chi connectivity index (χ1v) is 17.8. The zero-order chi connectivity index (χ0) is 34.8. The summed E-state index contributed by atoms with van der Waals surface area (Å²) < 4.78 is 6.40. The van der Waals surface area contributed by atoms with Gasteiger partial charge < -0.3 is 4.42 Å². The smallest absolute Gasteiger partial charge is 0.160 e. The average Bonchev–Trinajstić information content (AvgIpc) is 3.70. The standard InChI is InChI=1S/C49H34N2O/c1-49(2)42-26-8-6-23-41(42)46-44(49)45(36-20-11-16-32(29-36)31-14-4-3-5-15-31)50-48(51-46)37-21-12-18-34(30-37)33-17-10-19-35(28-33)38-24-13-25-40-39-22-7-9-27-43(39)52-47(38)40/h3-30H,1-2H3. The first kappa shape index (κ1) is 30.3. The van der Waals surface area contributed by atoms with Gasteiger partial charge >= 0.3 is 0 Å². The molecule has 0 fully saturated rings. The van der Waals surface area contributed by atoms with Crippen molar-refractivity contribution < 1.29 is 4.42 Å². The number of nitrogens with zero attached hydrogens (tertiary/aromatic N) is 2. The van der Waals surface area contributed by atoms with Crippen LogP contribution in [0.3, 0.4) is 0 Å². The Bertz CT molecular complexity index is 2830. The van der Waals surface area contributed by atoms with Gasteiger partial charge in [-0.2, -0.15) is 0 Å². The van der Waals surface area contributed by atoms with Crippen LogP contribution < -0.4 is 0 Å². The van der Waals surface area contributed by atoms with Crippen LogP contribution in [0.25, 0.3) is 89.2 Å². The summed E-state index contributed by atoms with van der Waals surface area (Å²) in [4.78, 5) is 10.8. The van der Waals surface area contributed by atoms with Crippen LogP contribution in [0.2, 0.25) is 0 Å². The molecular weight excluding hydrogens is 633 g/mol. The Hall–Kier alpha value is -6.58. The Morgan fingerprint density at radius 2 is 0.962 bits per heavy atom. The third-order valence-corrected chi connectivity index (χ3v) is 10.7. The average molecular weight is 667 g/mol. The van der Waals surface area contributed by atoms with Crippen molar-refractivity contribution >= 4 is 21.9 Å². The highest BCUT2D eigenvalue weighted by molar-refractivity contribution is 6.09. The predicted octanol–water partition coefficient (Wildman–Crippen LogP) is 13.0. The van der Waals surface area contributed by atoms with E-state index < -0.39 is 0 Å². The van der Waals surface area contributed by atoms with Gasteiger partial charge in [-0.25, -0.2) is 9.97 Å². The van der Waals surface area contributed by atoms with E-state index in [-0.39, 0.29) is 5.41 Å². The number of aromatic nitrogens is 2. The topological polar surface area (TPSA) is 38.9 Å². The van der Waals surface area contributed by atoms with Crippen LogP contribution in [-0.2, 0) is 5.41 Å². The second kappa shape index (κ2) is 11.8. The molecule has 0 bridgehead atoms. The van der Waals surface area contributed by atoms with Crippen LogP contribution in [0.1, 0.15) is 25.0 Å². The molecule has 7 aromatic carbocycles. The number of furan rings is 1. The molecule has 0 spiro atoms. The van der Waals surface area contributed by atoms with E-state index in [4.69, 9.17) is 14.4 Å². The first-order valence-electron chi connectivity index (χ1n) is 17.8. The molecule has 52 heavy (non-hydrogen) atoms. The Balaban J connectivity index is 1.11. The maximum Gasteiger partial charge on any atom is 0.160 e. The molecule has 10 rings (SSSR count). The van der Waals surface area contributed by atoms with Crippen molar-refractivity contribution in [3.8, 4) is 67.3 Å². The highest BCUT2D eigenvalue weighted by atomic mass is 16.3. The minimum absolute atomic E-state index is 0.256. The molecule has 1 aliphatic carbocycles. The van der Waals surface area contributed by atoms with E-state index in [1.165, 1.54) is 27.8 Å². The van der Waals surface area contributed by atoms with Crippen LogP contribution in [0, 0.1) is 0 Å². The Morgan fingerprint density at radius 1 is 0.423 bits per heavy atom. The monoisotopic (exact) mass is 666 g/mol. The van der Waals surface area contributed by atoms with E-state index in [0.29, 0.717) is 0 Å². The number of fused-ring (bicyclic) bond motifs is 6. The van der Waals surface area contributed by atoms with E-state index >= 15 is 0 Å². The van der Waals surface area contributed by atoms with Crippen molar-refractivity contribution in [2.45, 2.75) is 19.3 Å². The molecule has 9 aromatic rings. The van der Waals surface area contributed by atoms with Crippen molar-refractivity contribution in [1.82, 2.24) is 9.97 Å². The number of hydrogen-bond donors (Lipinski definition) is 0. The van der Waals surface area contributed by atoms with Gasteiger partial charge in [-0.1, -0.05) is 159 Å². The van der Waals surface area contributed by atoms with Crippen molar-refractivity contribution in [3.63, 3.8) is 0 Å². The lowest BCUT2D eigenvalue weighted by molar-refractivity contribution is 0.658. The second-order valence-corrected chi connectivity index (χ2v) is 14.2. The largest absolute Gasteiger partial charge is 0.455 e. The van der Waals surface area contributed by atoms with Gasteiger partial charge in [0, 0.05) is 44.0 Å². The summed E-state index contributed by atoms with van der Waals surface area (Å²) in [6.07, 6.45) is 0. The minimum Gasteiger partial charge on any atom is -0.455 e. The lowest BCUT2D eigenvalue weighted by Crippen LogP contribution is -2.17. The van der Waals surface area contributed by atoms with E-state index in [9.17, 15) is 0 Å². The first-order chi connectivity index (χ1) is 25.5. The third-order valence-electron chi connectivity index (χ3n) is 10.7. The number of rotatable bonds is 5. The van der Waals surface area contributed by atoms with Gasteiger partial charge in [-0.05, 0) is 57.6 Å². The summed E-state index contributed by atoms with van der Waals surface area (Å²) in [5.74, 6) is 0.719. The number of benzene rings is 7. The molecule has 2 heterocycles. The van der Waals surface area contributed by atoms with Gasteiger partial charge in [0.2, 0.25) is 0 Å². The quantitative estimate of drug-likeness (QED) is 0.183. The molecule has 0 unspecified atom stereocenters. The highest BCUT2D eigenvalue weighted by Crippen LogP contribution is 2.51. The summed E-state index contributed by atoms with van der Waals surface area (Å²) in [7, 11) is 0. The normalized spacial score (nSPS) is 13.0. The zero-order valence-corrected chi connectivity index (χ0v) is 29.0. The SMILES string of the molecule is CC1(C)c2ccccc2-c2nc(-c3cccc(-c4cccc(-c5cccc6c5oc5ccccc56)c4)c3)nc(-c3cccc(-c4ccccc4)c3)c21. The molecule has 3 heteroatoms. The molecule has 0 N–H and O–H groups in total. The fraction of sp³-hybridized carbons (Fsp3) is 0.0612. The molecule has 0 atom stereocenters. The second-order valence-electron chi connectivity index (χ2n) is 14.2. The van der Waals surface area contributed by atoms with Crippen molar-refractivity contribution in [3.05, 3.63) is 181 Å². The molecule has 246 valence electrons. The van der Waals surface area contributed by atoms with Crippen LogP contribution in [0.15, 0.2) is 174 Å². The molecular formula is C49H34N2O. The molecule has 2 aromatic heterocycles. The summed E-state index contributed by atoms with van der Waals surface area (Å²) in [6, 6.07) is 60.0. The number of hydrogen-bond acceptors (Lipinski definition) is 3. The van der Waals surface area contributed by atoms with Crippen LogP contribution in [-0.4, -0.2) is 9.97 Å². The molecule has 0 amide bonds. The molecule has 0 aliphatic heterocycles. The fourth-order valence-electron chi connectivity index (χ4n) is 8.11. The Labute approximate surface area is 302 Å². The summed E-state index contributed by atoms with van der Waals surface area (Å²) in [6.45, 7) is 4.59. The summed E-state index contributed by atoms with van der Waals surface area (Å²) in [5, 5.41) is 2.26. The lowest BCUT2D eigenvalue weighted by atomic mass is 9.80. The molecule has 3 nitrogen and oxygen atoms in total. The lowest BCUT2D eigenvalue weighted by Gasteiger charge is -2.24. The van der Waals surface area contributed by atoms with E-state index in [1.54, 1.807) is 0 Å². The van der Waals surface area contributed by atoms with E-state index in [2.05, 4.69) is 172 Å². The van der Waals surface area contributed by atoms with Crippen LogP contribution in [0.5, 0.6) is 0 Å². The van der Waals surface area contributed by atoms with Gasteiger partial charge in [0.1, 0.15) is 11.2 Å². The van der Waals surface area contributed by atoms with Gasteiger partial charge in [0.15, 0.2) is 5.82 Å². The van der Waals surface area contributed by atoms with Crippen molar-refractivity contribution in [1.29, 1.82) is 0 Å². The van der Waals surface area contributed by atoms with Gasteiger partial charge in [-0.15, -0.1) is 0 Å². The maximum atomic E-state index is 6.40. The number of para-hydroxylation sites is 2. The van der Waals surface area contributed by atoms with Gasteiger partial charge in [-0.3, -0.25) is 0 Å². The summed E-state index contributed by atoms with van der Waals surface area (Å²) in [5.41, 5.74) is 16.0. The maximum absolute atomic E-state index is 6.40. The fourth-order valence-corrected chi connectivity index (χ4v) is 8.11. The summed E-state index contributed by atoms with van der Waals surface area (Å²) >= 11 is 0. The third kappa shape index (κ3) is 4.81. The van der Waals surface area contributed by atoms with Crippen molar-refractivity contribution in [2.24, 2.45) is 0 Å². The van der Waals surface area contributed by atoms with Crippen LogP contribution in [0.4, 0.5) is 0 Å².